The number of ether oxygens (including phenoxy) is 2. The third-order valence-corrected chi connectivity index (χ3v) is 6.04. The molecule has 0 saturated carbocycles. The molecule has 0 radical (unpaired) electrons. The number of nitrogens with zero attached hydrogens (tertiary/aromatic N) is 3. The lowest BCUT2D eigenvalue weighted by molar-refractivity contribution is 0.0556. The van der Waals surface area contributed by atoms with E-state index in [4.69, 9.17) is 14.0 Å². The van der Waals surface area contributed by atoms with Gasteiger partial charge in [0, 0.05) is 17.4 Å². The molecule has 0 N–H and O–H groups in total. The number of anilines is 2. The number of carbonyl (C=O) groups excluding carboxylic acids is 2. The van der Waals surface area contributed by atoms with Gasteiger partial charge in [-0.05, 0) is 56.7 Å². The van der Waals surface area contributed by atoms with Crippen LogP contribution in [-0.2, 0) is 9.47 Å². The van der Waals surface area contributed by atoms with Crippen molar-refractivity contribution < 1.29 is 28.0 Å². The van der Waals surface area contributed by atoms with Gasteiger partial charge in [-0.15, -0.1) is 0 Å². The average Bonchev–Trinajstić information content (AvgIpc) is 3.41. The van der Waals surface area contributed by atoms with Crippen LogP contribution in [0.2, 0.25) is 0 Å². The fraction of sp³-hybridized carbons (Fsp3) is 0.435. The Bertz CT molecular complexity index is 1050. The van der Waals surface area contributed by atoms with Gasteiger partial charge in [0.15, 0.2) is 5.82 Å². The monoisotopic (exact) mass is 475 g/mol. The van der Waals surface area contributed by atoms with Crippen LogP contribution in [0.3, 0.4) is 0 Å². The molecule has 1 aromatic heterocycles. The summed E-state index contributed by atoms with van der Waals surface area (Å²) in [6, 6.07) is 6.29. The Morgan fingerprint density at radius 1 is 1.36 bits per heavy atom. The van der Waals surface area contributed by atoms with Crippen molar-refractivity contribution in [1.82, 2.24) is 5.16 Å². The molecule has 2 amide bonds. The third-order valence-electron chi connectivity index (χ3n) is 5.15. The van der Waals surface area contributed by atoms with Crippen LogP contribution in [0.5, 0.6) is 0 Å². The third kappa shape index (κ3) is 5.50. The first-order valence-corrected chi connectivity index (χ1v) is 11.8. The van der Waals surface area contributed by atoms with Crippen molar-refractivity contribution in [2.45, 2.75) is 38.9 Å². The van der Waals surface area contributed by atoms with E-state index in [1.807, 2.05) is 17.8 Å². The van der Waals surface area contributed by atoms with E-state index in [0.29, 0.717) is 11.3 Å². The lowest BCUT2D eigenvalue weighted by Crippen LogP contribution is -2.42. The molecule has 3 heterocycles. The highest BCUT2D eigenvalue weighted by atomic mass is 32.2. The Kier molecular flexibility index (Phi) is 6.64. The van der Waals surface area contributed by atoms with Gasteiger partial charge in [0.2, 0.25) is 0 Å². The zero-order valence-corrected chi connectivity index (χ0v) is 19.6. The SMILES string of the molecule is CC(C)(C)OC(=O)N(C[C@H]1CN(c2ccc(C3=CCSCC3)c(F)c2)C(=O)O1)c1ccon1. The smallest absolute Gasteiger partial charge is 0.416 e. The summed E-state index contributed by atoms with van der Waals surface area (Å²) in [6.45, 7) is 5.42. The first-order valence-electron chi connectivity index (χ1n) is 10.7. The number of hydrogen-bond acceptors (Lipinski definition) is 7. The normalized spacial score (nSPS) is 18.7. The van der Waals surface area contributed by atoms with Crippen LogP contribution in [0, 0.1) is 5.82 Å². The minimum atomic E-state index is -0.719. The number of carbonyl (C=O) groups is 2. The van der Waals surface area contributed by atoms with E-state index in [2.05, 4.69) is 5.16 Å². The first kappa shape index (κ1) is 23.2. The standard InChI is InChI=1S/C23H26FN3O5S/c1-23(2,3)32-22(29)27(20-6-9-30-25-20)14-17-13-26(21(28)31-17)16-4-5-18(19(24)12-16)15-7-10-33-11-8-15/h4-7,9,12,17H,8,10-11,13-14H2,1-3H3/t17-/m1/s1. The summed E-state index contributed by atoms with van der Waals surface area (Å²) < 4.78 is 30.6. The molecule has 1 aromatic carbocycles. The molecule has 8 nitrogen and oxygen atoms in total. The highest BCUT2D eigenvalue weighted by molar-refractivity contribution is 7.99. The molecule has 0 spiro atoms. The Hall–Kier alpha value is -3.01. The number of amides is 2. The van der Waals surface area contributed by atoms with E-state index in [9.17, 15) is 14.0 Å². The van der Waals surface area contributed by atoms with Crippen LogP contribution in [0.25, 0.3) is 5.57 Å². The predicted octanol–water partition coefficient (Wildman–Crippen LogP) is 5.10. The summed E-state index contributed by atoms with van der Waals surface area (Å²) in [5.41, 5.74) is 1.23. The molecular formula is C23H26FN3O5S. The van der Waals surface area contributed by atoms with E-state index in [1.165, 1.54) is 28.2 Å². The second-order valence-corrected chi connectivity index (χ2v) is 9.93. The summed E-state index contributed by atoms with van der Waals surface area (Å²) in [6.07, 6.45) is 2.29. The van der Waals surface area contributed by atoms with E-state index in [-0.39, 0.29) is 24.7 Å². The highest BCUT2D eigenvalue weighted by Crippen LogP contribution is 2.31. The minimum Gasteiger partial charge on any atom is -0.443 e. The van der Waals surface area contributed by atoms with Crippen molar-refractivity contribution in [3.05, 3.63) is 48.0 Å². The van der Waals surface area contributed by atoms with Gasteiger partial charge in [-0.1, -0.05) is 11.2 Å². The molecule has 2 aliphatic heterocycles. The molecule has 1 atom stereocenters. The van der Waals surface area contributed by atoms with E-state index in [0.717, 1.165) is 23.5 Å². The molecule has 10 heteroatoms. The summed E-state index contributed by atoms with van der Waals surface area (Å²) in [5.74, 6) is 1.70. The van der Waals surface area contributed by atoms with Crippen molar-refractivity contribution in [2.24, 2.45) is 0 Å². The van der Waals surface area contributed by atoms with Crippen LogP contribution in [0.4, 0.5) is 25.5 Å². The lowest BCUT2D eigenvalue weighted by Gasteiger charge is -2.26. The van der Waals surface area contributed by atoms with Crippen molar-refractivity contribution >= 4 is 41.0 Å². The molecule has 2 aromatic rings. The second kappa shape index (κ2) is 9.46. The van der Waals surface area contributed by atoms with Crippen LogP contribution in [-0.4, -0.2) is 53.6 Å². The molecule has 0 aliphatic carbocycles. The van der Waals surface area contributed by atoms with Gasteiger partial charge in [0.25, 0.3) is 0 Å². The van der Waals surface area contributed by atoms with Crippen LogP contribution in [0.1, 0.15) is 32.8 Å². The molecule has 176 valence electrons. The minimum absolute atomic E-state index is 0.00874. The summed E-state index contributed by atoms with van der Waals surface area (Å²) in [5, 5.41) is 3.81. The van der Waals surface area contributed by atoms with E-state index >= 15 is 0 Å². The first-order chi connectivity index (χ1) is 15.7. The van der Waals surface area contributed by atoms with Crippen molar-refractivity contribution in [3.63, 3.8) is 0 Å². The Morgan fingerprint density at radius 2 is 2.18 bits per heavy atom. The van der Waals surface area contributed by atoms with Crippen LogP contribution in [0.15, 0.2) is 41.1 Å². The number of cyclic esters (lactones) is 1. The quantitative estimate of drug-likeness (QED) is 0.595. The van der Waals surface area contributed by atoms with Crippen molar-refractivity contribution in [3.8, 4) is 0 Å². The van der Waals surface area contributed by atoms with Crippen LogP contribution >= 0.6 is 11.8 Å². The summed E-state index contributed by atoms with van der Waals surface area (Å²) in [7, 11) is 0. The van der Waals surface area contributed by atoms with Gasteiger partial charge in [0.05, 0.1) is 18.8 Å². The summed E-state index contributed by atoms with van der Waals surface area (Å²) >= 11 is 1.82. The van der Waals surface area contributed by atoms with Gasteiger partial charge in [0.1, 0.15) is 23.8 Å². The Labute approximate surface area is 195 Å². The molecule has 0 bridgehead atoms. The molecule has 2 aliphatic rings. The summed E-state index contributed by atoms with van der Waals surface area (Å²) in [4.78, 5) is 27.9. The maximum absolute atomic E-state index is 14.9. The number of hydrogen-bond donors (Lipinski definition) is 0. The van der Waals surface area contributed by atoms with Crippen molar-refractivity contribution in [2.75, 3.05) is 34.4 Å². The van der Waals surface area contributed by atoms with Crippen LogP contribution < -0.4 is 9.80 Å². The Morgan fingerprint density at radius 3 is 2.82 bits per heavy atom. The van der Waals surface area contributed by atoms with Gasteiger partial charge < -0.3 is 14.0 Å². The average molecular weight is 476 g/mol. The zero-order chi connectivity index (χ0) is 23.6. The number of allylic oxidation sites excluding steroid dienone is 1. The van der Waals surface area contributed by atoms with E-state index in [1.54, 1.807) is 32.9 Å². The van der Waals surface area contributed by atoms with E-state index < -0.39 is 23.9 Å². The molecule has 4 rings (SSSR count). The number of rotatable bonds is 5. The Balaban J connectivity index is 1.48. The van der Waals surface area contributed by atoms with Gasteiger partial charge in [-0.25, -0.2) is 14.0 Å². The number of thioether (sulfide) groups is 1. The fourth-order valence-electron chi connectivity index (χ4n) is 3.66. The topological polar surface area (TPSA) is 85.1 Å². The molecule has 33 heavy (non-hydrogen) atoms. The maximum atomic E-state index is 14.9. The second-order valence-electron chi connectivity index (χ2n) is 8.78. The predicted molar refractivity (Wildman–Crippen MR) is 124 cm³/mol. The molecule has 1 fully saturated rings. The molecule has 0 unspecified atom stereocenters. The van der Waals surface area contributed by atoms with Gasteiger partial charge in [-0.3, -0.25) is 9.80 Å². The van der Waals surface area contributed by atoms with Gasteiger partial charge >= 0.3 is 12.2 Å². The molecule has 1 saturated heterocycles. The number of benzene rings is 1. The lowest BCUT2D eigenvalue weighted by atomic mass is 10.0. The fourth-order valence-corrected chi connectivity index (χ4v) is 4.51. The molecular weight excluding hydrogens is 449 g/mol. The maximum Gasteiger partial charge on any atom is 0.416 e. The van der Waals surface area contributed by atoms with Crippen molar-refractivity contribution in [1.29, 1.82) is 0 Å². The largest absolute Gasteiger partial charge is 0.443 e. The van der Waals surface area contributed by atoms with Gasteiger partial charge in [-0.2, -0.15) is 11.8 Å². The highest BCUT2D eigenvalue weighted by Gasteiger charge is 2.37. The number of halogens is 1. The number of aromatic nitrogens is 1. The zero-order valence-electron chi connectivity index (χ0n) is 18.7.